The van der Waals surface area contributed by atoms with Crippen LogP contribution in [0.25, 0.3) is 0 Å². The van der Waals surface area contributed by atoms with E-state index in [0.29, 0.717) is 0 Å². The third-order valence-electron chi connectivity index (χ3n) is 3.93. The first-order chi connectivity index (χ1) is 9.36. The van der Waals surface area contributed by atoms with Gasteiger partial charge in [0.1, 0.15) is 0 Å². The molecule has 0 aromatic rings. The zero-order chi connectivity index (χ0) is 15.3. The van der Waals surface area contributed by atoms with E-state index in [-0.39, 0.29) is 23.9 Å². The van der Waals surface area contributed by atoms with Gasteiger partial charge in [-0.05, 0) is 19.8 Å². The molecule has 1 atom stereocenters. The molecule has 1 aliphatic rings. The maximum Gasteiger partial charge on any atom is 0.321 e. The van der Waals surface area contributed by atoms with Crippen LogP contribution in [0.3, 0.4) is 0 Å². The molecule has 1 rings (SSSR count). The summed E-state index contributed by atoms with van der Waals surface area (Å²) >= 11 is 0. The summed E-state index contributed by atoms with van der Waals surface area (Å²) in [4.78, 5) is 38.1. The molecule has 0 radical (unpaired) electrons. The Labute approximate surface area is 119 Å². The molecular weight excluding hydrogens is 260 g/mol. The molecule has 0 bridgehead atoms. The van der Waals surface area contributed by atoms with E-state index < -0.39 is 6.03 Å². The van der Waals surface area contributed by atoms with Crippen molar-refractivity contribution < 1.29 is 14.4 Å². The van der Waals surface area contributed by atoms with Gasteiger partial charge in [-0.15, -0.1) is 0 Å². The molecule has 1 heterocycles. The monoisotopic (exact) mass is 284 g/mol. The summed E-state index contributed by atoms with van der Waals surface area (Å²) in [7, 11) is 3.28. The van der Waals surface area contributed by atoms with Crippen LogP contribution in [0.15, 0.2) is 0 Å². The van der Waals surface area contributed by atoms with E-state index in [2.05, 4.69) is 10.6 Å². The Hall–Kier alpha value is -1.63. The van der Waals surface area contributed by atoms with E-state index in [9.17, 15) is 14.4 Å². The van der Waals surface area contributed by atoms with Crippen LogP contribution < -0.4 is 10.6 Å². The Bertz CT molecular complexity index is 378. The maximum absolute atomic E-state index is 11.9. The fraction of sp³-hybridized carbons (Fsp3) is 0.769. The molecule has 4 amide bonds. The average molecular weight is 284 g/mol. The SMILES string of the molecule is CNC(=O)NC(=O)C(C)N1CCC(N(C)C(C)=O)CC1. The van der Waals surface area contributed by atoms with E-state index >= 15 is 0 Å². The largest absolute Gasteiger partial charge is 0.343 e. The Morgan fingerprint density at radius 1 is 1.25 bits per heavy atom. The fourth-order valence-corrected chi connectivity index (χ4v) is 2.36. The number of rotatable bonds is 3. The Kier molecular flexibility index (Phi) is 5.94. The molecule has 1 unspecified atom stereocenters. The van der Waals surface area contributed by atoms with Crippen LogP contribution in [0.1, 0.15) is 26.7 Å². The lowest BCUT2D eigenvalue weighted by atomic mass is 10.0. The minimum absolute atomic E-state index is 0.0638. The zero-order valence-electron chi connectivity index (χ0n) is 12.6. The van der Waals surface area contributed by atoms with Crippen molar-refractivity contribution >= 4 is 17.8 Å². The Balaban J connectivity index is 2.46. The van der Waals surface area contributed by atoms with Gasteiger partial charge in [-0.1, -0.05) is 0 Å². The number of amides is 4. The molecule has 0 aromatic carbocycles. The first kappa shape index (κ1) is 16.4. The van der Waals surface area contributed by atoms with Crippen LogP contribution in [0.4, 0.5) is 4.79 Å². The van der Waals surface area contributed by atoms with Crippen molar-refractivity contribution in [1.82, 2.24) is 20.4 Å². The second kappa shape index (κ2) is 7.23. The second-order valence-electron chi connectivity index (χ2n) is 5.14. The van der Waals surface area contributed by atoms with Gasteiger partial charge >= 0.3 is 6.03 Å². The summed E-state index contributed by atoms with van der Waals surface area (Å²) in [6.07, 6.45) is 1.68. The van der Waals surface area contributed by atoms with Gasteiger partial charge in [0.2, 0.25) is 11.8 Å². The summed E-state index contributed by atoms with van der Waals surface area (Å²) in [6, 6.07) is -0.609. The smallest absolute Gasteiger partial charge is 0.321 e. The Morgan fingerprint density at radius 2 is 1.80 bits per heavy atom. The quantitative estimate of drug-likeness (QED) is 0.750. The molecule has 1 saturated heterocycles. The van der Waals surface area contributed by atoms with E-state index in [4.69, 9.17) is 0 Å². The molecule has 7 nitrogen and oxygen atoms in total. The molecule has 20 heavy (non-hydrogen) atoms. The van der Waals surface area contributed by atoms with Crippen molar-refractivity contribution in [3.8, 4) is 0 Å². The van der Waals surface area contributed by atoms with Gasteiger partial charge in [-0.25, -0.2) is 4.79 Å². The van der Waals surface area contributed by atoms with E-state index in [1.807, 2.05) is 11.9 Å². The molecular formula is C13H24N4O3. The highest BCUT2D eigenvalue weighted by molar-refractivity contribution is 5.96. The summed E-state index contributed by atoms with van der Waals surface area (Å²) in [6.45, 7) is 4.83. The molecule has 0 spiro atoms. The molecule has 114 valence electrons. The van der Waals surface area contributed by atoms with E-state index in [1.54, 1.807) is 18.7 Å². The van der Waals surface area contributed by atoms with Crippen molar-refractivity contribution in [2.75, 3.05) is 27.2 Å². The van der Waals surface area contributed by atoms with Crippen molar-refractivity contribution in [3.05, 3.63) is 0 Å². The number of carbonyl (C=O) groups is 3. The number of piperidine rings is 1. The number of likely N-dealkylation sites (tertiary alicyclic amines) is 1. The maximum atomic E-state index is 11.9. The minimum atomic E-state index is -0.493. The van der Waals surface area contributed by atoms with E-state index in [1.165, 1.54) is 7.05 Å². The highest BCUT2D eigenvalue weighted by Gasteiger charge is 2.29. The Morgan fingerprint density at radius 3 is 2.25 bits per heavy atom. The van der Waals surface area contributed by atoms with Crippen LogP contribution in [0, 0.1) is 0 Å². The summed E-state index contributed by atoms with van der Waals surface area (Å²) < 4.78 is 0. The summed E-state index contributed by atoms with van der Waals surface area (Å²) in [5, 5.41) is 4.64. The van der Waals surface area contributed by atoms with Gasteiger partial charge in [0.25, 0.3) is 0 Å². The van der Waals surface area contributed by atoms with E-state index in [0.717, 1.165) is 25.9 Å². The number of nitrogens with one attached hydrogen (secondary N) is 2. The van der Waals surface area contributed by atoms with Crippen LogP contribution >= 0.6 is 0 Å². The van der Waals surface area contributed by atoms with Crippen molar-refractivity contribution in [2.24, 2.45) is 0 Å². The third-order valence-corrected chi connectivity index (χ3v) is 3.93. The number of urea groups is 1. The van der Waals surface area contributed by atoms with Gasteiger partial charge in [-0.2, -0.15) is 0 Å². The number of hydrogen-bond donors (Lipinski definition) is 2. The number of carbonyl (C=O) groups excluding carboxylic acids is 3. The lowest BCUT2D eigenvalue weighted by molar-refractivity contribution is -0.131. The second-order valence-corrected chi connectivity index (χ2v) is 5.14. The normalized spacial score (nSPS) is 18.2. The number of hydrogen-bond acceptors (Lipinski definition) is 4. The predicted octanol–water partition coefficient (Wildman–Crippen LogP) is -0.227. The van der Waals surface area contributed by atoms with Crippen molar-refractivity contribution in [3.63, 3.8) is 0 Å². The zero-order valence-corrected chi connectivity index (χ0v) is 12.6. The highest BCUT2D eigenvalue weighted by atomic mass is 16.2. The van der Waals surface area contributed by atoms with Crippen LogP contribution in [-0.4, -0.2) is 66.9 Å². The van der Waals surface area contributed by atoms with Gasteiger partial charge in [-0.3, -0.25) is 19.8 Å². The number of imide groups is 1. The molecule has 1 aliphatic heterocycles. The van der Waals surface area contributed by atoms with Gasteiger partial charge in [0, 0.05) is 40.2 Å². The fourth-order valence-electron chi connectivity index (χ4n) is 2.36. The molecule has 0 aromatic heterocycles. The van der Waals surface area contributed by atoms with Crippen LogP contribution in [0.5, 0.6) is 0 Å². The summed E-state index contributed by atoms with van der Waals surface area (Å²) in [5.41, 5.74) is 0. The number of nitrogens with zero attached hydrogens (tertiary/aromatic N) is 2. The lowest BCUT2D eigenvalue weighted by Crippen LogP contribution is -2.53. The summed E-state index contributed by atoms with van der Waals surface area (Å²) in [5.74, 6) is -0.239. The minimum Gasteiger partial charge on any atom is -0.343 e. The molecule has 7 heteroatoms. The van der Waals surface area contributed by atoms with Gasteiger partial charge in [0.05, 0.1) is 6.04 Å². The predicted molar refractivity (Wildman–Crippen MR) is 75.1 cm³/mol. The van der Waals surface area contributed by atoms with Crippen LogP contribution in [-0.2, 0) is 9.59 Å². The third kappa shape index (κ3) is 4.19. The molecule has 1 fully saturated rings. The highest BCUT2D eigenvalue weighted by Crippen LogP contribution is 2.17. The molecule has 0 saturated carbocycles. The average Bonchev–Trinajstić information content (AvgIpc) is 2.45. The standard InChI is InChI=1S/C13H24N4O3/c1-9(12(19)15-13(20)14-3)17-7-5-11(6-8-17)16(4)10(2)18/h9,11H,5-8H2,1-4H3,(H2,14,15,19,20). The van der Waals surface area contributed by atoms with Crippen molar-refractivity contribution in [1.29, 1.82) is 0 Å². The topological polar surface area (TPSA) is 81.8 Å². The van der Waals surface area contributed by atoms with Gasteiger partial charge < -0.3 is 10.2 Å². The first-order valence-corrected chi connectivity index (χ1v) is 6.86. The van der Waals surface area contributed by atoms with Crippen molar-refractivity contribution in [2.45, 2.75) is 38.8 Å². The first-order valence-electron chi connectivity index (χ1n) is 6.86. The molecule has 2 N–H and O–H groups in total. The lowest BCUT2D eigenvalue weighted by Gasteiger charge is -2.38. The van der Waals surface area contributed by atoms with Gasteiger partial charge in [0.15, 0.2) is 0 Å². The molecule has 0 aliphatic carbocycles. The van der Waals surface area contributed by atoms with Crippen LogP contribution in [0.2, 0.25) is 0 Å².